The minimum atomic E-state index is -4.30. The molecule has 2 unspecified atom stereocenters. The van der Waals surface area contributed by atoms with Crippen molar-refractivity contribution in [3.63, 3.8) is 0 Å². The molecule has 4 aliphatic carbocycles. The zero-order valence-electron chi connectivity index (χ0n) is 39.3. The number of likely N-dealkylation sites (tertiary alicyclic amines) is 1. The predicted molar refractivity (Wildman–Crippen MR) is 253 cm³/mol. The molecular weight excluding hydrogens is 933 g/mol. The Morgan fingerprint density at radius 2 is 1.07 bits per heavy atom. The Bertz CT molecular complexity index is 2830. The number of amides is 5. The van der Waals surface area contributed by atoms with Crippen LogP contribution in [-0.2, 0) is 95.0 Å². The van der Waals surface area contributed by atoms with Gasteiger partial charge in [0, 0.05) is 71.5 Å². The number of hydrogen-bond donors (Lipinski definition) is 6. The third-order valence-electron chi connectivity index (χ3n) is 13.7. The molecule has 5 amide bonds. The van der Waals surface area contributed by atoms with E-state index in [4.69, 9.17) is 14.6 Å². The number of sulfonamides is 2. The summed E-state index contributed by atoms with van der Waals surface area (Å²) in [6.07, 6.45) is 13.8. The Morgan fingerprint density at radius 1 is 0.638 bits per heavy atom. The summed E-state index contributed by atoms with van der Waals surface area (Å²) in [5.74, 6) is -1.63. The number of rotatable bonds is 10. The van der Waals surface area contributed by atoms with Crippen LogP contribution in [0.1, 0.15) is 104 Å². The van der Waals surface area contributed by atoms with E-state index in [0.717, 1.165) is 141 Å². The van der Waals surface area contributed by atoms with Gasteiger partial charge in [-0.15, -0.1) is 0 Å². The molecule has 23 heteroatoms. The maximum Gasteiger partial charge on any atom is 0.354 e. The van der Waals surface area contributed by atoms with E-state index in [-0.39, 0.29) is 28.4 Å². The number of fused-ring (bicyclic) bond motifs is 4. The first-order chi connectivity index (χ1) is 33.0. The van der Waals surface area contributed by atoms with E-state index in [1.165, 1.54) is 53.5 Å². The molecule has 2 aliphatic heterocycles. The number of nitrogens with zero attached hydrogens (tertiary/aromatic N) is 5. The number of carbonyl (C=O) groups excluding carboxylic acids is 3. The SMILES string of the molecule is COC1CCN(C(=O)c2cc(S(=O)(=O)NC(=O)Nc3c4c(cc5c3CCC5)CCC4)nn2C)C1.COC1CCNC1.Cn1nc(S(=O)(=O)NC(=O)Nc2c3c(cc4c2CCC4)CCC3)cc1C(=O)O. The summed E-state index contributed by atoms with van der Waals surface area (Å²) in [5.41, 5.74) is 10.6. The van der Waals surface area contributed by atoms with Crippen LogP contribution in [0.5, 0.6) is 0 Å². The molecular formula is C46H60N10O11S2. The molecule has 2 fully saturated rings. The number of aryl methyl sites for hydroxylation is 6. The molecule has 2 atom stereocenters. The number of benzene rings is 2. The van der Waals surface area contributed by atoms with Crippen molar-refractivity contribution < 1.29 is 50.6 Å². The average Bonchev–Trinajstić information content (AvgIpc) is 4.16. The van der Waals surface area contributed by atoms with Gasteiger partial charge in [0.05, 0.1) is 12.2 Å². The van der Waals surface area contributed by atoms with Gasteiger partial charge in [-0.25, -0.2) is 23.8 Å². The highest BCUT2D eigenvalue weighted by Crippen LogP contribution is 2.40. The van der Waals surface area contributed by atoms with Gasteiger partial charge in [0.2, 0.25) is 0 Å². The maximum absolute atomic E-state index is 12.9. The van der Waals surface area contributed by atoms with Crippen molar-refractivity contribution in [1.82, 2.24) is 39.2 Å². The number of anilines is 2. The van der Waals surface area contributed by atoms with Crippen LogP contribution in [0.25, 0.3) is 0 Å². The van der Waals surface area contributed by atoms with Crippen LogP contribution >= 0.6 is 0 Å². The number of methoxy groups -OCH3 is 2. The van der Waals surface area contributed by atoms with Crippen molar-refractivity contribution in [3.8, 4) is 0 Å². The molecule has 0 bridgehead atoms. The highest BCUT2D eigenvalue weighted by molar-refractivity contribution is 7.90. The van der Waals surface area contributed by atoms with Gasteiger partial charge in [-0.3, -0.25) is 14.2 Å². The Labute approximate surface area is 401 Å². The minimum absolute atomic E-state index is 0.0355. The minimum Gasteiger partial charge on any atom is -0.477 e. The summed E-state index contributed by atoms with van der Waals surface area (Å²) < 4.78 is 67.2. The standard InChI is InChI=1S/C23H29N5O5S.C18H20N4O5S.C5H11NO/c1-27-19(22(29)28-10-9-16(13-28)33-2)12-20(25-27)34(31,32)26-23(30)24-21-17-7-3-5-14(17)11-15-6-4-8-18(15)21;1-22-14(17(23)24)9-15(20-22)28(26,27)21-18(25)19-16-12-6-2-4-10(12)8-11-5-3-7-13(11)16;1-7-5-2-3-6-4-5/h11-12,16H,3-10,13H2,1-2H3,(H2,24,26,30);8-9H,2-7H2,1H3,(H,23,24)(H2,19,21,25);5-6H,2-4H2,1H3. The van der Waals surface area contributed by atoms with Crippen LogP contribution < -0.4 is 25.4 Å². The molecule has 0 saturated carbocycles. The molecule has 69 heavy (non-hydrogen) atoms. The van der Waals surface area contributed by atoms with E-state index in [2.05, 4.69) is 43.0 Å². The molecule has 4 aromatic rings. The summed E-state index contributed by atoms with van der Waals surface area (Å²) >= 11 is 0. The number of aromatic carboxylic acids is 1. The number of carboxylic acid groups (broad SMARTS) is 1. The van der Waals surface area contributed by atoms with Crippen molar-refractivity contribution in [2.75, 3.05) is 51.0 Å². The lowest BCUT2D eigenvalue weighted by Gasteiger charge is -2.16. The average molecular weight is 993 g/mol. The Hall–Kier alpha value is -5.88. The quantitative estimate of drug-likeness (QED) is 0.133. The molecule has 21 nitrogen and oxygen atoms in total. The molecule has 10 rings (SSSR count). The van der Waals surface area contributed by atoms with Crippen molar-refractivity contribution in [3.05, 3.63) is 80.2 Å². The van der Waals surface area contributed by atoms with Gasteiger partial charge in [-0.2, -0.15) is 27.0 Å². The lowest BCUT2D eigenvalue weighted by Crippen LogP contribution is -2.35. The topological polar surface area (TPSA) is 274 Å². The second-order valence-electron chi connectivity index (χ2n) is 18.1. The van der Waals surface area contributed by atoms with Gasteiger partial charge in [-0.1, -0.05) is 12.1 Å². The molecule has 372 valence electrons. The fourth-order valence-corrected chi connectivity index (χ4v) is 12.0. The van der Waals surface area contributed by atoms with Crippen molar-refractivity contribution in [2.24, 2.45) is 14.1 Å². The molecule has 0 spiro atoms. The third kappa shape index (κ3) is 10.8. The Balaban J connectivity index is 0.000000165. The number of nitrogens with one attached hydrogen (secondary N) is 5. The summed E-state index contributed by atoms with van der Waals surface area (Å²) in [6.45, 7) is 3.13. The van der Waals surface area contributed by atoms with E-state index >= 15 is 0 Å². The van der Waals surface area contributed by atoms with E-state index in [0.29, 0.717) is 19.2 Å². The summed E-state index contributed by atoms with van der Waals surface area (Å²) in [6, 6.07) is 4.87. The van der Waals surface area contributed by atoms with Crippen LogP contribution in [0, 0.1) is 0 Å². The smallest absolute Gasteiger partial charge is 0.354 e. The fourth-order valence-electron chi connectivity index (χ4n) is 10.2. The summed E-state index contributed by atoms with van der Waals surface area (Å²) in [5, 5.41) is 24.6. The number of aromatic nitrogens is 4. The Morgan fingerprint density at radius 3 is 1.43 bits per heavy atom. The van der Waals surface area contributed by atoms with Crippen LogP contribution in [0.2, 0.25) is 0 Å². The van der Waals surface area contributed by atoms with Gasteiger partial charge < -0.3 is 35.4 Å². The molecule has 0 radical (unpaired) electrons. The first-order valence-electron chi connectivity index (χ1n) is 23.3. The van der Waals surface area contributed by atoms with Gasteiger partial charge in [0.25, 0.3) is 26.0 Å². The van der Waals surface area contributed by atoms with Gasteiger partial charge >= 0.3 is 18.0 Å². The maximum atomic E-state index is 12.9. The van der Waals surface area contributed by atoms with Crippen LogP contribution in [0.15, 0.2) is 34.3 Å². The number of carbonyl (C=O) groups is 4. The number of ether oxygens (including phenoxy) is 2. The van der Waals surface area contributed by atoms with Crippen LogP contribution in [0.3, 0.4) is 0 Å². The highest BCUT2D eigenvalue weighted by Gasteiger charge is 2.33. The van der Waals surface area contributed by atoms with Crippen LogP contribution in [0.4, 0.5) is 21.0 Å². The van der Waals surface area contributed by atoms with E-state index in [1.807, 2.05) is 4.72 Å². The molecule has 6 aliphatic rings. The largest absolute Gasteiger partial charge is 0.477 e. The molecule has 2 aromatic carbocycles. The van der Waals surface area contributed by atoms with Gasteiger partial charge in [-0.05, 0) is 141 Å². The highest BCUT2D eigenvalue weighted by atomic mass is 32.2. The van der Waals surface area contributed by atoms with Gasteiger partial charge in [0.1, 0.15) is 11.4 Å². The lowest BCUT2D eigenvalue weighted by molar-refractivity contribution is 0.0683. The number of carboxylic acids is 1. The lowest BCUT2D eigenvalue weighted by atomic mass is 9.99. The first-order valence-corrected chi connectivity index (χ1v) is 26.3. The molecule has 6 N–H and O–H groups in total. The van der Waals surface area contributed by atoms with Crippen molar-refractivity contribution >= 4 is 55.4 Å². The van der Waals surface area contributed by atoms with E-state index in [1.54, 1.807) is 19.1 Å². The van der Waals surface area contributed by atoms with E-state index < -0.39 is 43.1 Å². The third-order valence-corrected chi connectivity index (χ3v) is 16.1. The molecule has 2 aromatic heterocycles. The zero-order valence-corrected chi connectivity index (χ0v) is 40.9. The van der Waals surface area contributed by atoms with Crippen molar-refractivity contribution in [1.29, 1.82) is 0 Å². The molecule has 2 saturated heterocycles. The number of urea groups is 2. The summed E-state index contributed by atoms with van der Waals surface area (Å²) in [4.78, 5) is 50.8. The fraction of sp³-hybridized carbons (Fsp3) is 0.522. The van der Waals surface area contributed by atoms with E-state index in [9.17, 15) is 36.0 Å². The predicted octanol–water partition coefficient (Wildman–Crippen LogP) is 3.37. The zero-order chi connectivity index (χ0) is 49.2. The second kappa shape index (κ2) is 20.6. The molecule has 4 heterocycles. The van der Waals surface area contributed by atoms with Gasteiger partial charge in [0.15, 0.2) is 10.1 Å². The first kappa shape index (κ1) is 49.5. The Kier molecular flexibility index (Phi) is 14.8. The summed E-state index contributed by atoms with van der Waals surface area (Å²) in [7, 11) is -2.39. The number of hydrogen-bond acceptors (Lipinski definition) is 13. The normalized spacial score (nSPS) is 18.8. The van der Waals surface area contributed by atoms with Crippen molar-refractivity contribution in [2.45, 2.75) is 112 Å². The monoisotopic (exact) mass is 992 g/mol. The van der Waals surface area contributed by atoms with Crippen LogP contribution in [-0.4, -0.2) is 123 Å². The second-order valence-corrected chi connectivity index (χ2v) is 21.4.